The average molecular weight is 538 g/mol. The maximum Gasteiger partial charge on any atom is 0.317 e. The summed E-state index contributed by atoms with van der Waals surface area (Å²) in [6, 6.07) is 23.3. The highest BCUT2D eigenvalue weighted by Crippen LogP contribution is 2.27. The van der Waals surface area contributed by atoms with Gasteiger partial charge in [-0.2, -0.15) is 5.26 Å². The Labute approximate surface area is 235 Å². The summed E-state index contributed by atoms with van der Waals surface area (Å²) in [5.41, 5.74) is 2.61. The molecule has 8 nitrogen and oxygen atoms in total. The third-order valence-corrected chi connectivity index (χ3v) is 7.42. The van der Waals surface area contributed by atoms with Crippen molar-refractivity contribution in [2.45, 2.75) is 46.3 Å². The second kappa shape index (κ2) is 13.0. The van der Waals surface area contributed by atoms with E-state index in [1.807, 2.05) is 45.9 Å². The largest absolute Gasteiger partial charge is 0.480 e. The number of amides is 1. The van der Waals surface area contributed by atoms with Crippen molar-refractivity contribution in [1.82, 2.24) is 14.5 Å². The number of nitrogens with zero attached hydrogens (tertiary/aromatic N) is 5. The molecule has 0 unspecified atom stereocenters. The number of anilines is 1. The van der Waals surface area contributed by atoms with E-state index in [1.54, 1.807) is 36.5 Å². The molecule has 1 N–H and O–H groups in total. The molecule has 3 aromatic carbocycles. The zero-order valence-corrected chi connectivity index (χ0v) is 23.2. The highest BCUT2D eigenvalue weighted by molar-refractivity contribution is 5.91. The van der Waals surface area contributed by atoms with E-state index in [0.29, 0.717) is 31.0 Å². The number of aromatic nitrogens is 2. The van der Waals surface area contributed by atoms with Crippen molar-refractivity contribution < 1.29 is 14.7 Å². The van der Waals surface area contributed by atoms with Gasteiger partial charge in [-0.05, 0) is 39.9 Å². The Bertz CT molecular complexity index is 1500. The van der Waals surface area contributed by atoms with Gasteiger partial charge in [0.1, 0.15) is 5.82 Å². The van der Waals surface area contributed by atoms with Crippen molar-refractivity contribution in [2.75, 3.05) is 18.0 Å². The van der Waals surface area contributed by atoms with Crippen LogP contribution < -0.4 is 4.90 Å². The van der Waals surface area contributed by atoms with Gasteiger partial charge < -0.3 is 9.67 Å². The van der Waals surface area contributed by atoms with Crippen molar-refractivity contribution >= 4 is 28.5 Å². The van der Waals surface area contributed by atoms with Crippen molar-refractivity contribution in [3.05, 3.63) is 95.9 Å². The number of aliphatic carboxylic acids is 1. The van der Waals surface area contributed by atoms with E-state index in [9.17, 15) is 14.7 Å². The quantitative estimate of drug-likeness (QED) is 0.263. The number of carboxylic acids is 1. The first-order valence-electron chi connectivity index (χ1n) is 13.5. The zero-order chi connectivity index (χ0) is 28.6. The molecule has 0 radical (unpaired) electrons. The summed E-state index contributed by atoms with van der Waals surface area (Å²) in [6.45, 7) is 6.87. The number of carbonyl (C=O) groups excluding carboxylic acids is 1. The third-order valence-electron chi connectivity index (χ3n) is 7.42. The summed E-state index contributed by atoms with van der Waals surface area (Å²) < 4.78 is 1.92. The lowest BCUT2D eigenvalue weighted by Crippen LogP contribution is -2.51. The molecular formula is C32H35N5O3. The monoisotopic (exact) mass is 537 g/mol. The lowest BCUT2D eigenvalue weighted by atomic mass is 9.96. The minimum Gasteiger partial charge on any atom is -0.480 e. The van der Waals surface area contributed by atoms with Crippen LogP contribution in [0.3, 0.4) is 0 Å². The standard InChI is InChI=1S/C32H35N5O3/c1-4-23(2)30(20-35(21-32(39)40)19-28-10-7-9-27-8-5-6-11-29(27)28)37(24(3)38)31-17-34-22-36(31)18-26-14-12-25(16-33)13-15-26/h5-15,17,22-23,30H,4,18-21H2,1-3H3,(H,39,40)/t23-,30+/m0/s1. The lowest BCUT2D eigenvalue weighted by molar-refractivity contribution is -0.138. The molecule has 0 aliphatic heterocycles. The molecule has 1 amide bonds. The van der Waals surface area contributed by atoms with E-state index in [2.05, 4.69) is 43.1 Å². The fourth-order valence-electron chi connectivity index (χ4n) is 5.18. The van der Waals surface area contributed by atoms with Gasteiger partial charge in [-0.25, -0.2) is 4.98 Å². The smallest absolute Gasteiger partial charge is 0.317 e. The van der Waals surface area contributed by atoms with Gasteiger partial charge in [0.25, 0.3) is 0 Å². The maximum atomic E-state index is 13.2. The highest BCUT2D eigenvalue weighted by Gasteiger charge is 2.31. The van der Waals surface area contributed by atoms with Crippen molar-refractivity contribution in [3.63, 3.8) is 0 Å². The Hall–Kier alpha value is -4.48. The molecular weight excluding hydrogens is 502 g/mol. The molecule has 2 atom stereocenters. The van der Waals surface area contributed by atoms with Gasteiger partial charge in [-0.3, -0.25) is 19.4 Å². The molecule has 0 fully saturated rings. The van der Waals surface area contributed by atoms with Crippen LogP contribution in [-0.2, 0) is 22.7 Å². The number of hydrogen-bond acceptors (Lipinski definition) is 5. The number of imidazole rings is 1. The Morgan fingerprint density at radius 3 is 2.48 bits per heavy atom. The lowest BCUT2D eigenvalue weighted by Gasteiger charge is -2.38. The topological polar surface area (TPSA) is 102 Å². The van der Waals surface area contributed by atoms with Crippen LogP contribution in [0.1, 0.15) is 43.9 Å². The van der Waals surface area contributed by atoms with E-state index in [4.69, 9.17) is 5.26 Å². The first-order chi connectivity index (χ1) is 19.3. The van der Waals surface area contributed by atoms with Gasteiger partial charge in [-0.15, -0.1) is 0 Å². The van der Waals surface area contributed by atoms with Crippen LogP contribution in [0.15, 0.2) is 79.3 Å². The number of carbonyl (C=O) groups is 2. The van der Waals surface area contributed by atoms with E-state index in [-0.39, 0.29) is 24.4 Å². The average Bonchev–Trinajstić information content (AvgIpc) is 3.39. The predicted octanol–water partition coefficient (Wildman–Crippen LogP) is 5.31. The van der Waals surface area contributed by atoms with E-state index < -0.39 is 5.97 Å². The Balaban J connectivity index is 1.67. The molecule has 0 bridgehead atoms. The van der Waals surface area contributed by atoms with E-state index in [1.165, 1.54) is 0 Å². The van der Waals surface area contributed by atoms with Gasteiger partial charge in [0.15, 0.2) is 0 Å². The number of benzene rings is 3. The minimum atomic E-state index is -0.914. The summed E-state index contributed by atoms with van der Waals surface area (Å²) in [5.74, 6) is -0.302. The van der Waals surface area contributed by atoms with Crippen molar-refractivity contribution in [2.24, 2.45) is 5.92 Å². The number of rotatable bonds is 12. The molecule has 4 aromatic rings. The number of fused-ring (bicyclic) bond motifs is 1. The highest BCUT2D eigenvalue weighted by atomic mass is 16.4. The van der Waals surface area contributed by atoms with Crippen LogP contribution in [-0.4, -0.2) is 50.6 Å². The molecule has 8 heteroatoms. The molecule has 0 spiro atoms. The molecule has 1 aromatic heterocycles. The fraction of sp³-hybridized carbons (Fsp3) is 0.312. The fourth-order valence-corrected chi connectivity index (χ4v) is 5.18. The third kappa shape index (κ3) is 6.74. The van der Waals surface area contributed by atoms with Gasteiger partial charge in [0, 0.05) is 20.0 Å². The summed E-state index contributed by atoms with van der Waals surface area (Å²) in [7, 11) is 0. The molecule has 0 saturated carbocycles. The van der Waals surface area contributed by atoms with E-state index in [0.717, 1.165) is 28.3 Å². The number of hydrogen-bond donors (Lipinski definition) is 1. The van der Waals surface area contributed by atoms with Gasteiger partial charge in [0.05, 0.1) is 43.3 Å². The normalized spacial score (nSPS) is 12.7. The van der Waals surface area contributed by atoms with Crippen molar-refractivity contribution in [3.8, 4) is 6.07 Å². The molecule has 206 valence electrons. The van der Waals surface area contributed by atoms with Crippen LogP contribution in [0.5, 0.6) is 0 Å². The molecule has 4 rings (SSSR count). The van der Waals surface area contributed by atoms with Gasteiger partial charge in [0.2, 0.25) is 5.91 Å². The van der Waals surface area contributed by atoms with Crippen LogP contribution in [0.2, 0.25) is 0 Å². The second-order valence-electron chi connectivity index (χ2n) is 10.2. The van der Waals surface area contributed by atoms with Crippen LogP contribution in [0.4, 0.5) is 5.82 Å². The summed E-state index contributed by atoms with van der Waals surface area (Å²) in [6.07, 6.45) is 4.20. The second-order valence-corrected chi connectivity index (χ2v) is 10.2. The number of carboxylic acid groups (broad SMARTS) is 1. The van der Waals surface area contributed by atoms with Crippen LogP contribution >= 0.6 is 0 Å². The Kier molecular flexibility index (Phi) is 9.31. The first kappa shape index (κ1) is 28.5. The molecule has 40 heavy (non-hydrogen) atoms. The van der Waals surface area contributed by atoms with Gasteiger partial charge >= 0.3 is 5.97 Å². The SMILES string of the molecule is CC[C@H](C)[C@@H](CN(CC(=O)O)Cc1cccc2ccccc12)N(C(C)=O)c1cncn1Cc1ccc(C#N)cc1. The summed E-state index contributed by atoms with van der Waals surface area (Å²) >= 11 is 0. The van der Waals surface area contributed by atoms with Crippen molar-refractivity contribution in [1.29, 1.82) is 5.26 Å². The predicted molar refractivity (Wildman–Crippen MR) is 156 cm³/mol. The zero-order valence-electron chi connectivity index (χ0n) is 23.2. The molecule has 0 aliphatic carbocycles. The minimum absolute atomic E-state index is 0.0889. The summed E-state index contributed by atoms with van der Waals surface area (Å²) in [5, 5.41) is 21.1. The molecule has 1 heterocycles. The Morgan fingerprint density at radius 2 is 1.80 bits per heavy atom. The van der Waals surface area contributed by atoms with Gasteiger partial charge in [-0.1, -0.05) is 74.9 Å². The molecule has 0 aliphatic rings. The molecule has 0 saturated heterocycles. The van der Waals surface area contributed by atoms with E-state index >= 15 is 0 Å². The van der Waals surface area contributed by atoms with Crippen LogP contribution in [0, 0.1) is 17.2 Å². The maximum absolute atomic E-state index is 13.2. The first-order valence-corrected chi connectivity index (χ1v) is 13.5. The Morgan fingerprint density at radius 1 is 1.07 bits per heavy atom. The summed E-state index contributed by atoms with van der Waals surface area (Å²) in [4.78, 5) is 33.2. The van der Waals surface area contributed by atoms with Crippen LogP contribution in [0.25, 0.3) is 10.8 Å². The number of nitriles is 1.